The third kappa shape index (κ3) is 1.31. The molecule has 0 radical (unpaired) electrons. The number of aromatic nitrogens is 1. The number of benzene rings is 1. The number of hydrogen-bond donors (Lipinski definition) is 0. The number of fused-ring (bicyclic) bond motifs is 1. The second-order valence-corrected chi connectivity index (χ2v) is 3.38. The van der Waals surface area contributed by atoms with Crippen LogP contribution in [-0.4, -0.2) is 10.9 Å². The molecule has 0 atom stereocenters. The molecule has 0 N–H and O–H groups in total. The van der Waals surface area contributed by atoms with Gasteiger partial charge in [-0.3, -0.25) is 4.79 Å². The lowest BCUT2D eigenvalue weighted by Gasteiger charge is -2.00. The van der Waals surface area contributed by atoms with E-state index in [1.165, 1.54) is 0 Å². The molecule has 2 rings (SSSR count). The van der Waals surface area contributed by atoms with Gasteiger partial charge in [0.2, 0.25) is 0 Å². The largest absolute Gasteiger partial charge is 0.330 e. The Morgan fingerprint density at radius 2 is 2.20 bits per heavy atom. The lowest BCUT2D eigenvalue weighted by Crippen LogP contribution is -1.98. The predicted octanol–water partition coefficient (Wildman–Crippen LogP) is 2.29. The number of nitrogens with zero attached hydrogens (tertiary/aromatic N) is 2. The Balaban J connectivity index is 2.85. The van der Waals surface area contributed by atoms with Crippen LogP contribution in [0.2, 0.25) is 0 Å². The van der Waals surface area contributed by atoms with E-state index in [4.69, 9.17) is 5.26 Å². The number of nitriles is 1. The van der Waals surface area contributed by atoms with E-state index >= 15 is 0 Å². The number of rotatable bonds is 2. The number of carbonyl (C=O) groups excluding carboxylic acids is 1. The summed E-state index contributed by atoms with van der Waals surface area (Å²) in [5.41, 5.74) is 2.48. The summed E-state index contributed by atoms with van der Waals surface area (Å²) in [5.74, 6) is 0. The fraction of sp³-hybridized carbons (Fsp3) is 0.167. The first-order chi connectivity index (χ1) is 7.29. The summed E-state index contributed by atoms with van der Waals surface area (Å²) in [6, 6.07) is 9.73. The summed E-state index contributed by atoms with van der Waals surface area (Å²) >= 11 is 0. The van der Waals surface area contributed by atoms with Crippen molar-refractivity contribution in [1.82, 2.24) is 4.57 Å². The van der Waals surface area contributed by atoms with Gasteiger partial charge in [0.15, 0.2) is 6.29 Å². The molecular weight excluding hydrogens is 188 g/mol. The van der Waals surface area contributed by atoms with Crippen molar-refractivity contribution in [3.63, 3.8) is 0 Å². The third-order valence-electron chi connectivity index (χ3n) is 2.63. The molecule has 0 amide bonds. The summed E-state index contributed by atoms with van der Waals surface area (Å²) < 4.78 is 1.86. The predicted molar refractivity (Wildman–Crippen MR) is 57.7 cm³/mol. The van der Waals surface area contributed by atoms with Gasteiger partial charge in [0.1, 0.15) is 6.54 Å². The number of para-hydroxylation sites is 1. The number of hydrogen-bond acceptors (Lipinski definition) is 2. The molecule has 0 bridgehead atoms. The van der Waals surface area contributed by atoms with Gasteiger partial charge in [0.05, 0.1) is 6.07 Å². The smallest absolute Gasteiger partial charge is 0.152 e. The zero-order valence-corrected chi connectivity index (χ0v) is 8.40. The molecule has 1 aromatic carbocycles. The Kier molecular flexibility index (Phi) is 2.26. The summed E-state index contributed by atoms with van der Waals surface area (Å²) in [6.07, 6.45) is 0.853. The van der Waals surface area contributed by atoms with Gasteiger partial charge in [-0.25, -0.2) is 0 Å². The Bertz CT molecular complexity index is 561. The average Bonchev–Trinajstić information content (AvgIpc) is 2.53. The minimum absolute atomic E-state index is 0.278. The van der Waals surface area contributed by atoms with Crippen molar-refractivity contribution in [2.45, 2.75) is 13.5 Å². The van der Waals surface area contributed by atoms with Crippen LogP contribution >= 0.6 is 0 Å². The maximum Gasteiger partial charge on any atom is 0.152 e. The zero-order valence-electron chi connectivity index (χ0n) is 8.40. The molecule has 0 unspecified atom stereocenters. The molecular formula is C12H10N2O. The molecule has 0 aliphatic rings. The Morgan fingerprint density at radius 1 is 1.47 bits per heavy atom. The summed E-state index contributed by atoms with van der Waals surface area (Å²) in [7, 11) is 0. The van der Waals surface area contributed by atoms with Gasteiger partial charge in [-0.1, -0.05) is 18.2 Å². The van der Waals surface area contributed by atoms with Gasteiger partial charge in [0, 0.05) is 22.2 Å². The summed E-state index contributed by atoms with van der Waals surface area (Å²) in [6.45, 7) is 2.14. The van der Waals surface area contributed by atoms with E-state index in [-0.39, 0.29) is 6.54 Å². The Morgan fingerprint density at radius 3 is 2.87 bits per heavy atom. The topological polar surface area (TPSA) is 45.8 Å². The van der Waals surface area contributed by atoms with E-state index in [0.29, 0.717) is 5.56 Å². The molecule has 1 heterocycles. The molecule has 0 spiro atoms. The molecule has 0 saturated heterocycles. The highest BCUT2D eigenvalue weighted by Gasteiger charge is 2.11. The molecule has 15 heavy (non-hydrogen) atoms. The van der Waals surface area contributed by atoms with Crippen LogP contribution in [0.5, 0.6) is 0 Å². The average molecular weight is 198 g/mol. The van der Waals surface area contributed by atoms with Crippen molar-refractivity contribution in [3.8, 4) is 6.07 Å². The van der Waals surface area contributed by atoms with Crippen molar-refractivity contribution in [1.29, 1.82) is 5.26 Å². The van der Waals surface area contributed by atoms with E-state index in [1.54, 1.807) is 0 Å². The first-order valence-corrected chi connectivity index (χ1v) is 4.69. The maximum absolute atomic E-state index is 11.0. The standard InChI is InChI=1S/C12H10N2O/c1-9-11(8-15)10-4-2-3-5-12(10)14(9)7-6-13/h2-5,8H,7H2,1H3. The van der Waals surface area contributed by atoms with Crippen molar-refractivity contribution < 1.29 is 4.79 Å². The molecule has 3 heteroatoms. The number of aldehydes is 1. The van der Waals surface area contributed by atoms with Crippen LogP contribution in [0.15, 0.2) is 24.3 Å². The monoisotopic (exact) mass is 198 g/mol. The van der Waals surface area contributed by atoms with E-state index in [2.05, 4.69) is 6.07 Å². The fourth-order valence-electron chi connectivity index (χ4n) is 1.88. The van der Waals surface area contributed by atoms with Gasteiger partial charge in [0.25, 0.3) is 0 Å². The Labute approximate surface area is 87.5 Å². The van der Waals surface area contributed by atoms with Crippen molar-refractivity contribution in [3.05, 3.63) is 35.5 Å². The zero-order chi connectivity index (χ0) is 10.8. The van der Waals surface area contributed by atoms with Gasteiger partial charge in [-0.15, -0.1) is 0 Å². The van der Waals surface area contributed by atoms with E-state index in [9.17, 15) is 4.79 Å². The molecule has 0 saturated carbocycles. The first kappa shape index (κ1) is 9.47. The SMILES string of the molecule is Cc1c(C=O)c2ccccc2n1CC#N. The lowest BCUT2D eigenvalue weighted by atomic mass is 10.1. The second-order valence-electron chi connectivity index (χ2n) is 3.38. The Hall–Kier alpha value is -2.08. The number of carbonyl (C=O) groups is 1. The summed E-state index contributed by atoms with van der Waals surface area (Å²) in [4.78, 5) is 11.0. The highest BCUT2D eigenvalue weighted by atomic mass is 16.1. The second kappa shape index (κ2) is 3.58. The van der Waals surface area contributed by atoms with Crippen molar-refractivity contribution in [2.24, 2.45) is 0 Å². The minimum atomic E-state index is 0.278. The van der Waals surface area contributed by atoms with Crippen LogP contribution in [0.1, 0.15) is 16.1 Å². The quantitative estimate of drug-likeness (QED) is 0.695. The highest BCUT2D eigenvalue weighted by molar-refractivity contribution is 5.99. The van der Waals surface area contributed by atoms with E-state index < -0.39 is 0 Å². The molecule has 74 valence electrons. The van der Waals surface area contributed by atoms with E-state index in [0.717, 1.165) is 22.9 Å². The van der Waals surface area contributed by atoms with Crippen LogP contribution in [0.3, 0.4) is 0 Å². The van der Waals surface area contributed by atoms with Crippen LogP contribution in [-0.2, 0) is 6.54 Å². The first-order valence-electron chi connectivity index (χ1n) is 4.69. The lowest BCUT2D eigenvalue weighted by molar-refractivity contribution is 0.112. The van der Waals surface area contributed by atoms with Crippen LogP contribution < -0.4 is 0 Å². The maximum atomic E-state index is 11.0. The van der Waals surface area contributed by atoms with Gasteiger partial charge in [-0.05, 0) is 13.0 Å². The molecule has 2 aromatic rings. The van der Waals surface area contributed by atoms with Gasteiger partial charge >= 0.3 is 0 Å². The van der Waals surface area contributed by atoms with Crippen molar-refractivity contribution >= 4 is 17.2 Å². The highest BCUT2D eigenvalue weighted by Crippen LogP contribution is 2.23. The molecule has 3 nitrogen and oxygen atoms in total. The van der Waals surface area contributed by atoms with Gasteiger partial charge in [-0.2, -0.15) is 5.26 Å². The summed E-state index contributed by atoms with van der Waals surface area (Å²) in [5, 5.41) is 9.64. The third-order valence-corrected chi connectivity index (χ3v) is 2.63. The van der Waals surface area contributed by atoms with Crippen LogP contribution in [0, 0.1) is 18.3 Å². The molecule has 0 aliphatic carbocycles. The van der Waals surface area contributed by atoms with Crippen molar-refractivity contribution in [2.75, 3.05) is 0 Å². The normalized spacial score (nSPS) is 10.1. The fourth-order valence-corrected chi connectivity index (χ4v) is 1.88. The molecule has 0 fully saturated rings. The van der Waals surface area contributed by atoms with Gasteiger partial charge < -0.3 is 4.57 Å². The minimum Gasteiger partial charge on any atom is -0.330 e. The van der Waals surface area contributed by atoms with Crippen LogP contribution in [0.4, 0.5) is 0 Å². The van der Waals surface area contributed by atoms with E-state index in [1.807, 2.05) is 35.8 Å². The molecule has 1 aromatic heterocycles. The molecule has 0 aliphatic heterocycles. The van der Waals surface area contributed by atoms with Crippen LogP contribution in [0.25, 0.3) is 10.9 Å².